The fourth-order valence-corrected chi connectivity index (χ4v) is 1.41. The van der Waals surface area contributed by atoms with Gasteiger partial charge in [0.2, 0.25) is 0 Å². The standard InChI is InChI=1S/C12H22N2O5/c1-3-4-5-8-13-12(18)14-9(11(16)17)6-7-10(15)19-2/h9H,3-8H2,1-2H3,(H,16,17)(H2,13,14,18)/t9-/m1/s1. The number of carboxylic acid groups (broad SMARTS) is 1. The number of ether oxygens (including phenoxy) is 1. The number of methoxy groups -OCH3 is 1. The van der Waals surface area contributed by atoms with Crippen molar-refractivity contribution in [1.82, 2.24) is 10.6 Å². The molecular weight excluding hydrogens is 252 g/mol. The first kappa shape index (κ1) is 17.2. The highest BCUT2D eigenvalue weighted by atomic mass is 16.5. The Morgan fingerprint density at radius 1 is 1.26 bits per heavy atom. The van der Waals surface area contributed by atoms with Crippen LogP contribution in [0.3, 0.4) is 0 Å². The van der Waals surface area contributed by atoms with E-state index in [9.17, 15) is 14.4 Å². The van der Waals surface area contributed by atoms with Crippen molar-refractivity contribution in [3.8, 4) is 0 Å². The summed E-state index contributed by atoms with van der Waals surface area (Å²) in [6.45, 7) is 2.55. The molecule has 0 aromatic heterocycles. The quantitative estimate of drug-likeness (QED) is 0.427. The minimum Gasteiger partial charge on any atom is -0.480 e. The molecule has 0 aliphatic heterocycles. The summed E-state index contributed by atoms with van der Waals surface area (Å²) in [5, 5.41) is 13.8. The number of urea groups is 1. The number of unbranched alkanes of at least 4 members (excludes halogenated alkanes) is 2. The third-order valence-electron chi connectivity index (χ3n) is 2.53. The Morgan fingerprint density at radius 2 is 1.95 bits per heavy atom. The van der Waals surface area contributed by atoms with E-state index in [2.05, 4.69) is 15.4 Å². The van der Waals surface area contributed by atoms with Crippen LogP contribution in [0.15, 0.2) is 0 Å². The van der Waals surface area contributed by atoms with Crippen LogP contribution >= 0.6 is 0 Å². The number of carboxylic acids is 1. The fourth-order valence-electron chi connectivity index (χ4n) is 1.41. The van der Waals surface area contributed by atoms with Crippen LogP contribution in [0, 0.1) is 0 Å². The number of esters is 1. The molecule has 3 N–H and O–H groups in total. The second-order valence-corrected chi connectivity index (χ2v) is 4.11. The molecule has 0 radical (unpaired) electrons. The predicted octanol–water partition coefficient (Wildman–Crippen LogP) is 0.882. The molecule has 0 aromatic carbocycles. The molecule has 0 aromatic rings. The summed E-state index contributed by atoms with van der Waals surface area (Å²) < 4.78 is 4.42. The van der Waals surface area contributed by atoms with E-state index < -0.39 is 24.0 Å². The number of carbonyl (C=O) groups is 3. The lowest BCUT2D eigenvalue weighted by molar-refractivity contribution is -0.142. The van der Waals surface area contributed by atoms with E-state index in [1.165, 1.54) is 7.11 Å². The molecule has 110 valence electrons. The van der Waals surface area contributed by atoms with Gasteiger partial charge in [0, 0.05) is 13.0 Å². The van der Waals surface area contributed by atoms with Crippen LogP contribution in [0.1, 0.15) is 39.0 Å². The Labute approximate surface area is 112 Å². The van der Waals surface area contributed by atoms with E-state index in [1.807, 2.05) is 6.92 Å². The molecule has 0 heterocycles. The van der Waals surface area contributed by atoms with Gasteiger partial charge in [-0.1, -0.05) is 19.8 Å². The van der Waals surface area contributed by atoms with Gasteiger partial charge < -0.3 is 20.5 Å². The normalized spacial score (nSPS) is 11.5. The lowest BCUT2D eigenvalue weighted by Gasteiger charge is -2.14. The Hall–Kier alpha value is -1.79. The molecule has 1 atom stereocenters. The maximum atomic E-state index is 11.4. The molecule has 19 heavy (non-hydrogen) atoms. The number of hydrogen-bond donors (Lipinski definition) is 3. The molecule has 0 fully saturated rings. The second-order valence-electron chi connectivity index (χ2n) is 4.11. The molecule has 0 aliphatic carbocycles. The number of rotatable bonds is 9. The van der Waals surface area contributed by atoms with Gasteiger partial charge in [-0.2, -0.15) is 0 Å². The predicted molar refractivity (Wildman–Crippen MR) is 68.7 cm³/mol. The number of hydrogen-bond acceptors (Lipinski definition) is 4. The molecule has 2 amide bonds. The van der Waals surface area contributed by atoms with E-state index >= 15 is 0 Å². The van der Waals surface area contributed by atoms with Crippen LogP contribution in [0.2, 0.25) is 0 Å². The lowest BCUT2D eigenvalue weighted by Crippen LogP contribution is -2.46. The molecule has 7 nitrogen and oxygen atoms in total. The van der Waals surface area contributed by atoms with Crippen molar-refractivity contribution in [3.63, 3.8) is 0 Å². The van der Waals surface area contributed by atoms with Crippen LogP contribution in [0.5, 0.6) is 0 Å². The summed E-state index contributed by atoms with van der Waals surface area (Å²) in [6.07, 6.45) is 2.85. The molecular formula is C12H22N2O5. The fraction of sp³-hybridized carbons (Fsp3) is 0.750. The van der Waals surface area contributed by atoms with Gasteiger partial charge in [0.15, 0.2) is 0 Å². The zero-order valence-corrected chi connectivity index (χ0v) is 11.4. The highest BCUT2D eigenvalue weighted by molar-refractivity contribution is 5.83. The smallest absolute Gasteiger partial charge is 0.326 e. The van der Waals surface area contributed by atoms with Gasteiger partial charge in [-0.05, 0) is 12.8 Å². The van der Waals surface area contributed by atoms with Crippen LogP contribution < -0.4 is 10.6 Å². The third kappa shape index (κ3) is 8.87. The maximum Gasteiger partial charge on any atom is 0.326 e. The average Bonchev–Trinajstić information content (AvgIpc) is 2.38. The number of amides is 2. The minimum atomic E-state index is -1.17. The molecule has 0 saturated heterocycles. The van der Waals surface area contributed by atoms with Crippen molar-refractivity contribution in [2.24, 2.45) is 0 Å². The highest BCUT2D eigenvalue weighted by Gasteiger charge is 2.20. The van der Waals surface area contributed by atoms with E-state index in [4.69, 9.17) is 5.11 Å². The van der Waals surface area contributed by atoms with Crippen molar-refractivity contribution >= 4 is 18.0 Å². The number of carbonyl (C=O) groups excluding carboxylic acids is 2. The van der Waals surface area contributed by atoms with Gasteiger partial charge in [-0.25, -0.2) is 9.59 Å². The Kier molecular flexibility index (Phi) is 9.20. The van der Waals surface area contributed by atoms with Gasteiger partial charge in [0.05, 0.1) is 7.11 Å². The molecule has 7 heteroatoms. The largest absolute Gasteiger partial charge is 0.480 e. The van der Waals surface area contributed by atoms with Crippen LogP contribution in [-0.4, -0.2) is 42.8 Å². The minimum absolute atomic E-state index is 0.00435. The average molecular weight is 274 g/mol. The van der Waals surface area contributed by atoms with Crippen molar-refractivity contribution in [2.75, 3.05) is 13.7 Å². The summed E-state index contributed by atoms with van der Waals surface area (Å²) in [6, 6.07) is -1.63. The van der Waals surface area contributed by atoms with Gasteiger partial charge >= 0.3 is 18.0 Å². The SMILES string of the molecule is CCCCCNC(=O)N[C@H](CCC(=O)OC)C(=O)O. The topological polar surface area (TPSA) is 105 Å². The van der Waals surface area contributed by atoms with Crippen LogP contribution in [-0.2, 0) is 14.3 Å². The van der Waals surface area contributed by atoms with Gasteiger partial charge in [0.1, 0.15) is 6.04 Å². The van der Waals surface area contributed by atoms with Crippen molar-refractivity contribution in [1.29, 1.82) is 0 Å². The Morgan fingerprint density at radius 3 is 2.47 bits per heavy atom. The maximum absolute atomic E-state index is 11.4. The van der Waals surface area contributed by atoms with E-state index in [0.717, 1.165) is 19.3 Å². The second kappa shape index (κ2) is 10.2. The zero-order chi connectivity index (χ0) is 14.7. The molecule has 0 spiro atoms. The summed E-state index contributed by atoms with van der Waals surface area (Å²) in [5.74, 6) is -1.68. The van der Waals surface area contributed by atoms with Crippen molar-refractivity contribution < 1.29 is 24.2 Å². The first-order valence-electron chi connectivity index (χ1n) is 6.35. The van der Waals surface area contributed by atoms with E-state index in [0.29, 0.717) is 6.54 Å². The first-order chi connectivity index (χ1) is 9.01. The molecule has 0 saturated carbocycles. The first-order valence-corrected chi connectivity index (χ1v) is 6.35. The lowest BCUT2D eigenvalue weighted by atomic mass is 10.1. The van der Waals surface area contributed by atoms with Gasteiger partial charge in [-0.3, -0.25) is 4.79 Å². The van der Waals surface area contributed by atoms with Crippen molar-refractivity contribution in [3.05, 3.63) is 0 Å². The van der Waals surface area contributed by atoms with E-state index in [1.54, 1.807) is 0 Å². The number of aliphatic carboxylic acids is 1. The van der Waals surface area contributed by atoms with E-state index in [-0.39, 0.29) is 12.8 Å². The molecule has 0 unspecified atom stereocenters. The summed E-state index contributed by atoms with van der Waals surface area (Å²) >= 11 is 0. The summed E-state index contributed by atoms with van der Waals surface area (Å²) in [5.41, 5.74) is 0. The van der Waals surface area contributed by atoms with Gasteiger partial charge in [-0.15, -0.1) is 0 Å². The number of nitrogens with one attached hydrogen (secondary N) is 2. The monoisotopic (exact) mass is 274 g/mol. The zero-order valence-electron chi connectivity index (χ0n) is 11.4. The Bertz CT molecular complexity index is 306. The van der Waals surface area contributed by atoms with Gasteiger partial charge in [0.25, 0.3) is 0 Å². The van der Waals surface area contributed by atoms with Crippen molar-refractivity contribution in [2.45, 2.75) is 45.1 Å². The Balaban J connectivity index is 4.01. The highest BCUT2D eigenvalue weighted by Crippen LogP contribution is 1.99. The van der Waals surface area contributed by atoms with Crippen LogP contribution in [0.4, 0.5) is 4.79 Å². The molecule has 0 aliphatic rings. The molecule has 0 bridgehead atoms. The molecule has 0 rings (SSSR count). The van der Waals surface area contributed by atoms with Crippen LogP contribution in [0.25, 0.3) is 0 Å². The summed E-state index contributed by atoms with van der Waals surface area (Å²) in [4.78, 5) is 33.3. The third-order valence-corrected chi connectivity index (χ3v) is 2.53. The summed E-state index contributed by atoms with van der Waals surface area (Å²) in [7, 11) is 1.23.